The molecule has 1 fully saturated rings. The number of rotatable bonds is 7. The Kier molecular flexibility index (Phi) is 6.05. The number of imidazole rings is 1. The molecule has 0 bridgehead atoms. The van der Waals surface area contributed by atoms with Crippen molar-refractivity contribution >= 4 is 16.9 Å². The summed E-state index contributed by atoms with van der Waals surface area (Å²) in [4.78, 5) is 19.6. The maximum Gasteiger partial charge on any atom is 0.223 e. The molecular weight excluding hydrogens is 429 g/mol. The maximum atomic E-state index is 13.3. The predicted octanol–water partition coefficient (Wildman–Crippen LogP) is 5.39. The topological polar surface area (TPSA) is 47.4 Å². The molecule has 1 aliphatic rings. The van der Waals surface area contributed by atoms with Crippen molar-refractivity contribution in [1.29, 1.82) is 0 Å². The Morgan fingerprint density at radius 2 is 1.85 bits per heavy atom. The van der Waals surface area contributed by atoms with Crippen molar-refractivity contribution in [2.45, 2.75) is 39.3 Å². The van der Waals surface area contributed by atoms with Crippen molar-refractivity contribution < 1.29 is 13.9 Å². The van der Waals surface area contributed by atoms with Gasteiger partial charge in [0.25, 0.3) is 0 Å². The molecule has 34 heavy (non-hydrogen) atoms. The van der Waals surface area contributed by atoms with Crippen molar-refractivity contribution in [2.75, 3.05) is 13.2 Å². The summed E-state index contributed by atoms with van der Waals surface area (Å²) in [6.07, 6.45) is 0.419. The summed E-state index contributed by atoms with van der Waals surface area (Å²) in [5.41, 5.74) is 5.22. The molecular formula is C28H28FN3O2. The Morgan fingerprint density at radius 1 is 1.06 bits per heavy atom. The Balaban J connectivity index is 1.35. The highest BCUT2D eigenvalue weighted by Gasteiger charge is 2.34. The molecule has 1 saturated heterocycles. The number of para-hydroxylation sites is 2. The largest absolute Gasteiger partial charge is 0.491 e. The van der Waals surface area contributed by atoms with Crippen LogP contribution in [0.4, 0.5) is 4.39 Å². The fourth-order valence-corrected chi connectivity index (χ4v) is 4.76. The first-order valence-electron chi connectivity index (χ1n) is 11.7. The average Bonchev–Trinajstić information content (AvgIpc) is 3.37. The van der Waals surface area contributed by atoms with Gasteiger partial charge >= 0.3 is 0 Å². The van der Waals surface area contributed by atoms with E-state index in [9.17, 15) is 9.18 Å². The van der Waals surface area contributed by atoms with Crippen molar-refractivity contribution in [2.24, 2.45) is 0 Å². The molecule has 0 radical (unpaired) electrons. The zero-order valence-corrected chi connectivity index (χ0v) is 19.5. The molecule has 0 saturated carbocycles. The molecule has 1 aromatic heterocycles. The van der Waals surface area contributed by atoms with Gasteiger partial charge in [0.1, 0.15) is 24.0 Å². The fourth-order valence-electron chi connectivity index (χ4n) is 4.76. The number of hydrogen-bond acceptors (Lipinski definition) is 3. The molecule has 4 aromatic rings. The van der Waals surface area contributed by atoms with Gasteiger partial charge in [-0.15, -0.1) is 0 Å². The number of hydrogen-bond donors (Lipinski definition) is 0. The van der Waals surface area contributed by atoms with E-state index in [0.29, 0.717) is 32.7 Å². The summed E-state index contributed by atoms with van der Waals surface area (Å²) in [5, 5.41) is 0. The summed E-state index contributed by atoms with van der Waals surface area (Å²) in [6, 6.07) is 20.6. The lowest BCUT2D eigenvalue weighted by molar-refractivity contribution is -0.128. The molecule has 1 amide bonds. The Morgan fingerprint density at radius 3 is 2.65 bits per heavy atom. The van der Waals surface area contributed by atoms with E-state index in [-0.39, 0.29) is 17.6 Å². The number of amides is 1. The van der Waals surface area contributed by atoms with Crippen LogP contribution in [-0.2, 0) is 17.9 Å². The number of nitrogens with zero attached hydrogens (tertiary/aromatic N) is 3. The normalized spacial score (nSPS) is 15.9. The van der Waals surface area contributed by atoms with Gasteiger partial charge in [0.05, 0.1) is 17.6 Å². The van der Waals surface area contributed by atoms with Gasteiger partial charge < -0.3 is 14.2 Å². The lowest BCUT2D eigenvalue weighted by Gasteiger charge is -2.18. The van der Waals surface area contributed by atoms with Crippen molar-refractivity contribution in [3.8, 4) is 5.75 Å². The van der Waals surface area contributed by atoms with Gasteiger partial charge in [-0.2, -0.15) is 0 Å². The zero-order chi connectivity index (χ0) is 23.7. The standard InChI is InChI=1S/C28H28FN3O2/c1-19-7-12-26(20(2)15-19)34-14-13-32-25-6-4-3-5-24(25)30-28(32)22-16-27(33)31(18-22)17-21-8-10-23(29)11-9-21/h3-12,15,22H,13-14,16-18H2,1-2H3. The first kappa shape index (κ1) is 22.1. The number of benzene rings is 3. The second-order valence-electron chi connectivity index (χ2n) is 9.03. The number of carbonyl (C=O) groups is 1. The van der Waals surface area contributed by atoms with Crippen LogP contribution in [0.2, 0.25) is 0 Å². The predicted molar refractivity (Wildman–Crippen MR) is 130 cm³/mol. The quantitative estimate of drug-likeness (QED) is 0.374. The van der Waals surface area contributed by atoms with E-state index >= 15 is 0 Å². The number of likely N-dealkylation sites (tertiary alicyclic amines) is 1. The van der Waals surface area contributed by atoms with Crippen molar-refractivity contribution in [1.82, 2.24) is 14.5 Å². The molecule has 0 spiro atoms. The highest BCUT2D eigenvalue weighted by molar-refractivity contribution is 5.81. The smallest absolute Gasteiger partial charge is 0.223 e. The third-order valence-corrected chi connectivity index (χ3v) is 6.45. The number of ether oxygens (including phenoxy) is 1. The molecule has 1 unspecified atom stereocenters. The van der Waals surface area contributed by atoms with Crippen molar-refractivity contribution in [3.05, 3.63) is 95.1 Å². The molecule has 5 nitrogen and oxygen atoms in total. The summed E-state index contributed by atoms with van der Waals surface area (Å²) >= 11 is 0. The SMILES string of the molecule is Cc1ccc(OCCn2c(C3CC(=O)N(Cc4ccc(F)cc4)C3)nc3ccccc32)c(C)c1. The molecule has 0 N–H and O–H groups in total. The van der Waals surface area contributed by atoms with E-state index in [2.05, 4.69) is 36.6 Å². The van der Waals surface area contributed by atoms with E-state index < -0.39 is 0 Å². The molecule has 2 heterocycles. The van der Waals surface area contributed by atoms with Crippen LogP contribution in [0.5, 0.6) is 5.75 Å². The van der Waals surface area contributed by atoms with Crippen LogP contribution in [0.25, 0.3) is 11.0 Å². The average molecular weight is 458 g/mol. The third kappa shape index (κ3) is 4.53. The van der Waals surface area contributed by atoms with Gasteiger partial charge in [0, 0.05) is 25.4 Å². The maximum absolute atomic E-state index is 13.3. The monoisotopic (exact) mass is 457 g/mol. The lowest BCUT2D eigenvalue weighted by atomic mass is 10.1. The zero-order valence-electron chi connectivity index (χ0n) is 19.5. The lowest BCUT2D eigenvalue weighted by Crippen LogP contribution is -2.24. The van der Waals surface area contributed by atoms with Gasteiger partial charge in [-0.1, -0.05) is 42.0 Å². The van der Waals surface area contributed by atoms with E-state index in [1.54, 1.807) is 12.1 Å². The second-order valence-corrected chi connectivity index (χ2v) is 9.03. The highest BCUT2D eigenvalue weighted by Crippen LogP contribution is 2.31. The molecule has 5 rings (SSSR count). The summed E-state index contributed by atoms with van der Waals surface area (Å²) in [5.74, 6) is 1.63. The number of carbonyl (C=O) groups excluding carboxylic acids is 1. The first-order valence-corrected chi connectivity index (χ1v) is 11.7. The first-order chi connectivity index (χ1) is 16.5. The highest BCUT2D eigenvalue weighted by atomic mass is 19.1. The second kappa shape index (κ2) is 9.29. The Bertz CT molecular complexity index is 1330. The molecule has 1 aliphatic heterocycles. The molecule has 3 aromatic carbocycles. The number of halogens is 1. The van der Waals surface area contributed by atoms with Gasteiger partial charge in [0.15, 0.2) is 0 Å². The van der Waals surface area contributed by atoms with Gasteiger partial charge in [-0.05, 0) is 55.3 Å². The van der Waals surface area contributed by atoms with Gasteiger partial charge in [-0.3, -0.25) is 4.79 Å². The van der Waals surface area contributed by atoms with Crippen LogP contribution >= 0.6 is 0 Å². The summed E-state index contributed by atoms with van der Waals surface area (Å²) in [7, 11) is 0. The van der Waals surface area contributed by atoms with Gasteiger partial charge in [-0.25, -0.2) is 9.37 Å². The number of aryl methyl sites for hydroxylation is 2. The summed E-state index contributed by atoms with van der Waals surface area (Å²) in [6.45, 7) is 6.36. The molecule has 1 atom stereocenters. The Labute approximate surface area is 198 Å². The minimum Gasteiger partial charge on any atom is -0.491 e. The minimum atomic E-state index is -0.272. The Hall–Kier alpha value is -3.67. The fraction of sp³-hybridized carbons (Fsp3) is 0.286. The number of aromatic nitrogens is 2. The number of fused-ring (bicyclic) bond motifs is 1. The molecule has 6 heteroatoms. The molecule has 174 valence electrons. The van der Waals surface area contributed by atoms with E-state index in [4.69, 9.17) is 9.72 Å². The third-order valence-electron chi connectivity index (χ3n) is 6.45. The van der Waals surface area contributed by atoms with Crippen LogP contribution in [0, 0.1) is 19.7 Å². The van der Waals surface area contributed by atoms with Crippen molar-refractivity contribution in [3.63, 3.8) is 0 Å². The molecule has 0 aliphatic carbocycles. The van der Waals surface area contributed by atoms with Crippen LogP contribution < -0.4 is 4.74 Å². The van der Waals surface area contributed by atoms with E-state index in [0.717, 1.165) is 33.7 Å². The van der Waals surface area contributed by atoms with E-state index in [1.807, 2.05) is 29.2 Å². The summed E-state index contributed by atoms with van der Waals surface area (Å²) < 4.78 is 21.6. The van der Waals surface area contributed by atoms with Crippen LogP contribution in [0.15, 0.2) is 66.7 Å². The van der Waals surface area contributed by atoms with Crippen LogP contribution in [-0.4, -0.2) is 33.5 Å². The van der Waals surface area contributed by atoms with Crippen LogP contribution in [0.1, 0.15) is 34.9 Å². The van der Waals surface area contributed by atoms with Gasteiger partial charge in [0.2, 0.25) is 5.91 Å². The van der Waals surface area contributed by atoms with Crippen LogP contribution in [0.3, 0.4) is 0 Å². The van der Waals surface area contributed by atoms with E-state index in [1.165, 1.54) is 17.7 Å². The minimum absolute atomic E-state index is 0.00135.